The van der Waals surface area contributed by atoms with Gasteiger partial charge in [0.1, 0.15) is 18.3 Å². The number of aliphatic hydroxyl groups is 1. The van der Waals surface area contributed by atoms with E-state index in [0.717, 1.165) is 6.08 Å². The minimum atomic E-state index is -0.548. The van der Waals surface area contributed by atoms with Crippen molar-refractivity contribution in [3.05, 3.63) is 65.6 Å². The number of aliphatic hydroxyl groups excluding tert-OH is 1. The Morgan fingerprint density at radius 1 is 1.39 bits per heavy atom. The Kier molecular flexibility index (Phi) is 4.11. The van der Waals surface area contributed by atoms with Crippen molar-refractivity contribution in [3.8, 4) is 11.5 Å². The highest BCUT2D eigenvalue weighted by Gasteiger charge is 2.13. The third-order valence-corrected chi connectivity index (χ3v) is 3.12. The molecule has 0 unspecified atom stereocenters. The van der Waals surface area contributed by atoms with E-state index in [2.05, 4.69) is 15.2 Å². The van der Waals surface area contributed by atoms with E-state index in [1.54, 1.807) is 24.3 Å². The number of furan rings is 1. The second kappa shape index (κ2) is 6.37. The Morgan fingerprint density at radius 2 is 2.22 bits per heavy atom. The average Bonchev–Trinajstić information content (AvgIpc) is 3.21. The van der Waals surface area contributed by atoms with Crippen LogP contribution in [0.4, 0.5) is 0 Å². The number of carbonyl (C=O) groups excluding carboxylic acids is 1. The van der Waals surface area contributed by atoms with Gasteiger partial charge in [0.2, 0.25) is 5.78 Å². The van der Waals surface area contributed by atoms with Gasteiger partial charge in [-0.15, -0.1) is 0 Å². The summed E-state index contributed by atoms with van der Waals surface area (Å²) >= 11 is 5.99. The Labute approximate surface area is 135 Å². The van der Waals surface area contributed by atoms with Gasteiger partial charge in [-0.05, 0) is 12.1 Å². The number of ketones is 1. The summed E-state index contributed by atoms with van der Waals surface area (Å²) < 4.78 is 10.7. The van der Waals surface area contributed by atoms with E-state index in [9.17, 15) is 9.90 Å². The van der Waals surface area contributed by atoms with Crippen LogP contribution in [0, 0.1) is 0 Å². The largest absolute Gasteiger partial charge is 0.504 e. The van der Waals surface area contributed by atoms with Crippen LogP contribution >= 0.6 is 11.6 Å². The van der Waals surface area contributed by atoms with Crippen molar-refractivity contribution in [2.24, 2.45) is 0 Å². The lowest BCUT2D eigenvalue weighted by Crippen LogP contribution is -1.95. The first-order chi connectivity index (χ1) is 11.1. The smallest absolute Gasteiger partial charge is 0.224 e. The molecular formula is C15H10ClN3O4. The summed E-state index contributed by atoms with van der Waals surface area (Å²) in [7, 11) is 0. The first-order valence-corrected chi connectivity index (χ1v) is 6.83. The van der Waals surface area contributed by atoms with Gasteiger partial charge in [-0.1, -0.05) is 23.7 Å². The minimum Gasteiger partial charge on any atom is -0.504 e. The van der Waals surface area contributed by atoms with Crippen LogP contribution in [0.25, 0.3) is 5.76 Å². The quantitative estimate of drug-likeness (QED) is 0.420. The van der Waals surface area contributed by atoms with Gasteiger partial charge < -0.3 is 14.3 Å². The highest BCUT2D eigenvalue weighted by atomic mass is 35.5. The molecule has 7 nitrogen and oxygen atoms in total. The first kappa shape index (κ1) is 14.9. The summed E-state index contributed by atoms with van der Waals surface area (Å²) in [5, 5.41) is 16.2. The zero-order chi connectivity index (χ0) is 16.2. The van der Waals surface area contributed by atoms with Crippen LogP contribution in [-0.2, 0) is 0 Å². The van der Waals surface area contributed by atoms with Gasteiger partial charge in [0, 0.05) is 12.1 Å². The second-order valence-corrected chi connectivity index (χ2v) is 4.81. The number of carbonyl (C=O) groups is 1. The Balaban J connectivity index is 1.75. The maximum Gasteiger partial charge on any atom is 0.224 e. The number of halogens is 1. The monoisotopic (exact) mass is 331 g/mol. The highest BCUT2D eigenvalue weighted by Crippen LogP contribution is 2.30. The molecule has 1 aromatic carbocycles. The molecule has 0 radical (unpaired) electrons. The van der Waals surface area contributed by atoms with Gasteiger partial charge in [-0.25, -0.2) is 4.98 Å². The third-order valence-electron chi connectivity index (χ3n) is 2.81. The van der Waals surface area contributed by atoms with Crippen LogP contribution in [-0.4, -0.2) is 26.1 Å². The number of ether oxygens (including phenoxy) is 1. The summed E-state index contributed by atoms with van der Waals surface area (Å²) in [5.74, 6) is -0.0658. The molecule has 0 atom stereocenters. The van der Waals surface area contributed by atoms with E-state index in [1.807, 2.05) is 0 Å². The Hall–Kier alpha value is -3.06. The van der Waals surface area contributed by atoms with Crippen molar-refractivity contribution < 1.29 is 19.1 Å². The SMILES string of the molecule is O=C(C=C(O)c1ncn[nH]1)c1cc(Oc2ccccc2Cl)co1. The molecule has 0 fully saturated rings. The minimum absolute atomic E-state index is 0.00174. The maximum atomic E-state index is 12.0. The molecule has 23 heavy (non-hydrogen) atoms. The summed E-state index contributed by atoms with van der Waals surface area (Å²) in [6.07, 6.45) is 3.46. The molecular weight excluding hydrogens is 322 g/mol. The van der Waals surface area contributed by atoms with Crippen molar-refractivity contribution >= 4 is 23.1 Å². The standard InChI is InChI=1S/C15H10ClN3O4/c16-10-3-1-2-4-13(10)23-9-5-14(22-7-9)11(20)6-12(21)15-17-8-18-19-15/h1-8,21H,(H,17,18,19). The predicted molar refractivity (Wildman–Crippen MR) is 81.6 cm³/mol. The molecule has 2 N–H and O–H groups in total. The fourth-order valence-corrected chi connectivity index (χ4v) is 1.92. The average molecular weight is 332 g/mol. The summed E-state index contributed by atoms with van der Waals surface area (Å²) in [5.41, 5.74) is 0. The molecule has 8 heteroatoms. The van der Waals surface area contributed by atoms with E-state index in [0.29, 0.717) is 16.5 Å². The molecule has 0 saturated heterocycles. The number of hydrogen-bond acceptors (Lipinski definition) is 6. The molecule has 3 rings (SSSR count). The van der Waals surface area contributed by atoms with Gasteiger partial charge in [-0.3, -0.25) is 9.89 Å². The number of aromatic nitrogens is 3. The van der Waals surface area contributed by atoms with Crippen LogP contribution in [0.1, 0.15) is 16.4 Å². The number of nitrogens with zero attached hydrogens (tertiary/aromatic N) is 2. The zero-order valence-electron chi connectivity index (χ0n) is 11.6. The number of para-hydroxylation sites is 1. The molecule has 2 aromatic heterocycles. The number of nitrogens with one attached hydrogen (secondary N) is 1. The number of allylic oxidation sites excluding steroid dienone is 1. The molecule has 3 aromatic rings. The molecule has 0 spiro atoms. The highest BCUT2D eigenvalue weighted by molar-refractivity contribution is 6.32. The molecule has 0 aliphatic carbocycles. The summed E-state index contributed by atoms with van der Waals surface area (Å²) in [4.78, 5) is 15.7. The van der Waals surface area contributed by atoms with Gasteiger partial charge in [0.05, 0.1) is 5.02 Å². The maximum absolute atomic E-state index is 12.0. The van der Waals surface area contributed by atoms with Crippen LogP contribution in [0.2, 0.25) is 5.02 Å². The predicted octanol–water partition coefficient (Wildman–Crippen LogP) is 3.63. The Bertz CT molecular complexity index is 855. The van der Waals surface area contributed by atoms with Crippen molar-refractivity contribution in [1.82, 2.24) is 15.2 Å². The number of benzene rings is 1. The van der Waals surface area contributed by atoms with Crippen LogP contribution in [0.5, 0.6) is 11.5 Å². The number of rotatable bonds is 5. The van der Waals surface area contributed by atoms with Gasteiger partial charge >= 0.3 is 0 Å². The van der Waals surface area contributed by atoms with E-state index in [1.165, 1.54) is 18.7 Å². The molecule has 0 aliphatic heterocycles. The van der Waals surface area contributed by atoms with E-state index in [4.69, 9.17) is 20.8 Å². The van der Waals surface area contributed by atoms with Crippen LogP contribution in [0.3, 0.4) is 0 Å². The van der Waals surface area contributed by atoms with Crippen LogP contribution < -0.4 is 4.74 Å². The fourth-order valence-electron chi connectivity index (χ4n) is 1.75. The molecule has 0 bridgehead atoms. The van der Waals surface area contributed by atoms with E-state index >= 15 is 0 Å². The normalized spacial score (nSPS) is 11.4. The van der Waals surface area contributed by atoms with Gasteiger partial charge in [-0.2, -0.15) is 5.10 Å². The van der Waals surface area contributed by atoms with Crippen LogP contribution in [0.15, 0.2) is 53.4 Å². The van der Waals surface area contributed by atoms with E-state index in [-0.39, 0.29) is 17.3 Å². The van der Waals surface area contributed by atoms with Gasteiger partial charge in [0.15, 0.2) is 23.1 Å². The van der Waals surface area contributed by atoms with Crippen molar-refractivity contribution in [1.29, 1.82) is 0 Å². The number of H-pyrrole nitrogens is 1. The first-order valence-electron chi connectivity index (χ1n) is 6.45. The molecule has 2 heterocycles. The lowest BCUT2D eigenvalue weighted by atomic mass is 10.2. The lowest BCUT2D eigenvalue weighted by Gasteiger charge is -2.03. The molecule has 0 amide bonds. The molecule has 116 valence electrons. The van der Waals surface area contributed by atoms with Crippen molar-refractivity contribution in [2.45, 2.75) is 0 Å². The Morgan fingerprint density at radius 3 is 2.96 bits per heavy atom. The zero-order valence-corrected chi connectivity index (χ0v) is 12.3. The van der Waals surface area contributed by atoms with E-state index < -0.39 is 5.78 Å². The lowest BCUT2D eigenvalue weighted by molar-refractivity contribution is 0.102. The number of aromatic amines is 1. The number of hydrogen-bond donors (Lipinski definition) is 2. The van der Waals surface area contributed by atoms with Crippen molar-refractivity contribution in [2.75, 3.05) is 0 Å². The fraction of sp³-hybridized carbons (Fsp3) is 0. The van der Waals surface area contributed by atoms with Crippen molar-refractivity contribution in [3.63, 3.8) is 0 Å². The molecule has 0 aliphatic rings. The summed E-state index contributed by atoms with van der Waals surface area (Å²) in [6, 6.07) is 8.31. The molecule has 0 saturated carbocycles. The van der Waals surface area contributed by atoms with Gasteiger partial charge in [0.25, 0.3) is 0 Å². The topological polar surface area (TPSA) is 101 Å². The third kappa shape index (κ3) is 3.41. The summed E-state index contributed by atoms with van der Waals surface area (Å²) in [6.45, 7) is 0. The second-order valence-electron chi connectivity index (χ2n) is 4.41.